The van der Waals surface area contributed by atoms with Crippen molar-refractivity contribution in [2.24, 2.45) is 0 Å². The van der Waals surface area contributed by atoms with Gasteiger partial charge in [0.2, 0.25) is 0 Å². The normalized spacial score (nSPS) is 14.1. The van der Waals surface area contributed by atoms with E-state index in [9.17, 15) is 32.3 Å². The molecule has 0 saturated heterocycles. The number of carbonyl (C=O) groups excluding carboxylic acids is 3. The number of alkyl halides is 3. The second-order valence-electron chi connectivity index (χ2n) is 11.2. The Bertz CT molecular complexity index is 1420. The van der Waals surface area contributed by atoms with E-state index < -0.39 is 18.1 Å². The molecular weight excluding hydrogens is 571 g/mol. The van der Waals surface area contributed by atoms with Crippen LogP contribution < -0.4 is 5.32 Å². The number of hydrogen-bond donors (Lipinski definition) is 2. The third-order valence-corrected chi connectivity index (χ3v) is 7.52. The summed E-state index contributed by atoms with van der Waals surface area (Å²) in [6.45, 7) is 2.14. The molecule has 0 aliphatic heterocycles. The number of aryl methyl sites for hydroxylation is 1. The summed E-state index contributed by atoms with van der Waals surface area (Å²) in [6.07, 6.45) is 1.96. The largest absolute Gasteiger partial charge is 0.481 e. The van der Waals surface area contributed by atoms with Crippen molar-refractivity contribution in [3.63, 3.8) is 0 Å². The molecule has 1 atom stereocenters. The van der Waals surface area contributed by atoms with Crippen molar-refractivity contribution in [1.29, 1.82) is 0 Å². The molecule has 1 aliphatic rings. The van der Waals surface area contributed by atoms with Crippen molar-refractivity contribution in [2.75, 3.05) is 6.54 Å². The van der Waals surface area contributed by atoms with Crippen molar-refractivity contribution in [2.45, 2.75) is 76.8 Å². The average Bonchev–Trinajstić information content (AvgIpc) is 2.99. The Morgan fingerprint density at radius 3 is 2.02 bits per heavy atom. The Labute approximate surface area is 255 Å². The van der Waals surface area contributed by atoms with Gasteiger partial charge in [0.15, 0.2) is 11.6 Å². The highest BCUT2D eigenvalue weighted by Gasteiger charge is 2.26. The van der Waals surface area contributed by atoms with Gasteiger partial charge in [0.05, 0.1) is 12.3 Å². The highest BCUT2D eigenvalue weighted by atomic mass is 19.4. The predicted octanol–water partition coefficient (Wildman–Crippen LogP) is 8.06. The van der Waals surface area contributed by atoms with E-state index in [1.54, 1.807) is 30.3 Å². The molecule has 1 amide bonds. The van der Waals surface area contributed by atoms with Crippen LogP contribution in [0.25, 0.3) is 0 Å². The Morgan fingerprint density at radius 2 is 1.45 bits per heavy atom. The summed E-state index contributed by atoms with van der Waals surface area (Å²) in [7, 11) is 0. The zero-order chi connectivity index (χ0) is 32.3. The highest BCUT2D eigenvalue weighted by Crippen LogP contribution is 2.33. The van der Waals surface area contributed by atoms with Gasteiger partial charge in [-0.15, -0.1) is 0 Å². The molecule has 1 fully saturated rings. The van der Waals surface area contributed by atoms with Gasteiger partial charge in [0.25, 0.3) is 5.91 Å². The first kappa shape index (κ1) is 34.2. The number of halogens is 3. The fraction of sp³-hybridized carbons (Fsp3) is 0.371. The van der Waals surface area contributed by atoms with Crippen LogP contribution in [0.1, 0.15) is 111 Å². The molecule has 6 nitrogen and oxygen atoms in total. The van der Waals surface area contributed by atoms with Crippen molar-refractivity contribution in [3.05, 3.63) is 106 Å². The molecule has 0 spiro atoms. The Balaban J connectivity index is 0.000000978. The maximum Gasteiger partial charge on any atom is 0.386 e. The minimum Gasteiger partial charge on any atom is -0.481 e. The lowest BCUT2D eigenvalue weighted by Gasteiger charge is -2.22. The van der Waals surface area contributed by atoms with Crippen LogP contribution in [0.4, 0.5) is 13.2 Å². The number of carboxylic acids is 1. The van der Waals surface area contributed by atoms with Crippen LogP contribution in [-0.4, -0.2) is 41.3 Å². The van der Waals surface area contributed by atoms with Gasteiger partial charge in [-0.3, -0.25) is 19.2 Å². The van der Waals surface area contributed by atoms with Crippen LogP contribution in [0.15, 0.2) is 72.8 Å². The van der Waals surface area contributed by atoms with Gasteiger partial charge in [0.1, 0.15) is 0 Å². The molecule has 1 aliphatic carbocycles. The smallest absolute Gasteiger partial charge is 0.386 e. The topological polar surface area (TPSA) is 101 Å². The van der Waals surface area contributed by atoms with Gasteiger partial charge in [-0.25, -0.2) is 0 Å². The average molecular weight is 610 g/mol. The fourth-order valence-electron chi connectivity index (χ4n) is 5.29. The first-order valence-electron chi connectivity index (χ1n) is 14.7. The molecule has 4 rings (SSSR count). The molecule has 0 heterocycles. The molecule has 44 heavy (non-hydrogen) atoms. The molecule has 0 aromatic heterocycles. The van der Waals surface area contributed by atoms with Crippen LogP contribution in [-0.2, 0) is 4.79 Å². The first-order chi connectivity index (χ1) is 20.8. The van der Waals surface area contributed by atoms with Gasteiger partial charge in [-0.2, -0.15) is 13.2 Å². The lowest BCUT2D eigenvalue weighted by atomic mass is 9.82. The molecular formula is C35H38F3NO5. The van der Waals surface area contributed by atoms with Crippen LogP contribution in [0, 0.1) is 6.92 Å². The number of Topliss-reactive ketones (excluding diaryl/α,β-unsaturated/α-hetero) is 2. The van der Waals surface area contributed by atoms with E-state index in [2.05, 4.69) is 5.32 Å². The van der Waals surface area contributed by atoms with E-state index in [-0.39, 0.29) is 43.8 Å². The number of nitrogens with one attached hydrogen (secondary N) is 1. The molecule has 234 valence electrons. The van der Waals surface area contributed by atoms with Crippen molar-refractivity contribution in [1.82, 2.24) is 5.32 Å². The van der Waals surface area contributed by atoms with Crippen LogP contribution in [0.2, 0.25) is 0 Å². The van der Waals surface area contributed by atoms with E-state index >= 15 is 0 Å². The molecule has 0 bridgehead atoms. The molecule has 3 aromatic rings. The summed E-state index contributed by atoms with van der Waals surface area (Å²) < 4.78 is 31.1. The Hall–Kier alpha value is -4.27. The summed E-state index contributed by atoms with van der Waals surface area (Å²) in [6, 6.07) is 21.8. The number of rotatable bonds is 11. The maximum absolute atomic E-state index is 13.8. The predicted molar refractivity (Wildman–Crippen MR) is 162 cm³/mol. The van der Waals surface area contributed by atoms with E-state index in [1.807, 2.05) is 49.4 Å². The van der Waals surface area contributed by atoms with E-state index in [4.69, 9.17) is 5.11 Å². The Kier molecular flexibility index (Phi) is 12.4. The minimum absolute atomic E-state index is 0.0107. The molecule has 9 heteroatoms. The molecule has 2 N–H and O–H groups in total. The van der Waals surface area contributed by atoms with Gasteiger partial charge in [-0.05, 0) is 55.0 Å². The van der Waals surface area contributed by atoms with E-state index in [0.29, 0.717) is 28.2 Å². The maximum atomic E-state index is 13.8. The van der Waals surface area contributed by atoms with E-state index in [1.165, 1.54) is 37.7 Å². The number of hydrogen-bond acceptors (Lipinski definition) is 4. The monoisotopic (exact) mass is 609 g/mol. The second kappa shape index (κ2) is 16.0. The third-order valence-electron chi connectivity index (χ3n) is 7.52. The standard InChI is InChI=1S/C33H35NO5.C2H3F3/c1-22-6-5-9-28(20-22)30(35)21-29(25-12-16-27(17-13-25)33(39)34-19-18-31(36)37)32(38)26-14-10-24(11-15-26)23-7-3-2-4-8-23;1-2(3,4)5/h5-6,9-17,20,23,29H,2-4,7-8,18-19,21H2,1H3,(H,34,39)(H,36,37);1H3. The molecule has 1 unspecified atom stereocenters. The minimum atomic E-state index is -4.00. The van der Waals surface area contributed by atoms with Crippen molar-refractivity contribution < 1.29 is 37.5 Å². The number of aliphatic carboxylic acids is 1. The number of carboxylic acid groups (broad SMARTS) is 1. The zero-order valence-electron chi connectivity index (χ0n) is 25.0. The van der Waals surface area contributed by atoms with Crippen molar-refractivity contribution in [3.8, 4) is 0 Å². The lowest BCUT2D eigenvalue weighted by molar-refractivity contribution is -0.136. The molecule has 0 radical (unpaired) electrons. The third kappa shape index (κ3) is 11.1. The summed E-state index contributed by atoms with van der Waals surface area (Å²) >= 11 is 0. The summed E-state index contributed by atoms with van der Waals surface area (Å²) in [5, 5.41) is 11.4. The number of benzene rings is 3. The zero-order valence-corrected chi connectivity index (χ0v) is 25.0. The van der Waals surface area contributed by atoms with Crippen LogP contribution in [0.5, 0.6) is 0 Å². The number of carbonyl (C=O) groups is 4. The van der Waals surface area contributed by atoms with Gasteiger partial charge in [-0.1, -0.05) is 79.4 Å². The Morgan fingerprint density at radius 1 is 0.864 bits per heavy atom. The van der Waals surface area contributed by atoms with Gasteiger partial charge < -0.3 is 10.4 Å². The summed E-state index contributed by atoms with van der Waals surface area (Å²) in [5.74, 6) is -1.80. The fourth-order valence-corrected chi connectivity index (χ4v) is 5.29. The molecule has 3 aromatic carbocycles. The van der Waals surface area contributed by atoms with Gasteiger partial charge >= 0.3 is 12.1 Å². The number of ketones is 2. The SMILES string of the molecule is CC(F)(F)F.Cc1cccc(C(=O)CC(C(=O)c2ccc(C3CCCCC3)cc2)c2ccc(C(=O)NCCC(=O)O)cc2)c1. The summed E-state index contributed by atoms with van der Waals surface area (Å²) in [4.78, 5) is 50.2. The summed E-state index contributed by atoms with van der Waals surface area (Å²) in [5.41, 5.74) is 4.37. The highest BCUT2D eigenvalue weighted by molar-refractivity contribution is 6.06. The van der Waals surface area contributed by atoms with Crippen LogP contribution in [0.3, 0.4) is 0 Å². The van der Waals surface area contributed by atoms with Gasteiger partial charge in [0, 0.05) is 36.6 Å². The first-order valence-corrected chi connectivity index (χ1v) is 14.7. The van der Waals surface area contributed by atoms with E-state index in [0.717, 1.165) is 5.56 Å². The van der Waals surface area contributed by atoms with Crippen LogP contribution >= 0.6 is 0 Å². The van der Waals surface area contributed by atoms with Crippen molar-refractivity contribution >= 4 is 23.4 Å². The number of amides is 1. The molecule has 1 saturated carbocycles. The lowest BCUT2D eigenvalue weighted by Crippen LogP contribution is -2.26. The second-order valence-corrected chi connectivity index (χ2v) is 11.2. The quantitative estimate of drug-likeness (QED) is 0.214.